The number of anilines is 1. The standard InChI is InChI=1S/C32H55NO6/c1-2-3-4-5-6-7-8-9-10-11-12-13-14-15-16-17-32(34)33-29-18-19-30-31(28-29)39-27-25-37-23-21-35-20-22-36-24-26-38-30/h18-19,28H,2-17,20-27H2,1H3,(H,33,34). The molecule has 39 heavy (non-hydrogen) atoms. The van der Waals surface area contributed by atoms with Crippen molar-refractivity contribution in [2.45, 2.75) is 110 Å². The molecule has 1 aromatic rings. The van der Waals surface area contributed by atoms with Crippen molar-refractivity contribution >= 4 is 11.6 Å². The Kier molecular flexibility index (Phi) is 20.5. The second kappa shape index (κ2) is 24.0. The maximum absolute atomic E-state index is 12.5. The topological polar surface area (TPSA) is 75.3 Å². The Morgan fingerprint density at radius 2 is 1.03 bits per heavy atom. The summed E-state index contributed by atoms with van der Waals surface area (Å²) < 4.78 is 28.2. The maximum atomic E-state index is 12.5. The Hall–Kier alpha value is -1.83. The van der Waals surface area contributed by atoms with E-state index in [1.807, 2.05) is 18.2 Å². The molecule has 0 aliphatic carbocycles. The minimum atomic E-state index is 0.0411. The van der Waals surface area contributed by atoms with Gasteiger partial charge in [0, 0.05) is 18.2 Å². The van der Waals surface area contributed by atoms with Gasteiger partial charge < -0.3 is 29.0 Å². The summed E-state index contributed by atoms with van der Waals surface area (Å²) >= 11 is 0. The summed E-state index contributed by atoms with van der Waals surface area (Å²) in [5.74, 6) is 1.26. The summed E-state index contributed by atoms with van der Waals surface area (Å²) in [6, 6.07) is 5.51. The largest absolute Gasteiger partial charge is 0.487 e. The third-order valence-corrected chi connectivity index (χ3v) is 6.95. The number of carbonyl (C=O) groups excluding carboxylic acids is 1. The molecule has 0 saturated heterocycles. The number of nitrogens with one attached hydrogen (secondary N) is 1. The normalized spacial score (nSPS) is 15.3. The Labute approximate surface area is 237 Å². The second-order valence-corrected chi connectivity index (χ2v) is 10.4. The summed E-state index contributed by atoms with van der Waals surface area (Å²) in [5.41, 5.74) is 0.715. The molecular weight excluding hydrogens is 494 g/mol. The lowest BCUT2D eigenvalue weighted by atomic mass is 10.0. The van der Waals surface area contributed by atoms with Gasteiger partial charge in [-0.15, -0.1) is 0 Å². The van der Waals surface area contributed by atoms with E-state index in [0.717, 1.165) is 12.8 Å². The fourth-order valence-corrected chi connectivity index (χ4v) is 4.66. The lowest BCUT2D eigenvalue weighted by Gasteiger charge is -2.15. The van der Waals surface area contributed by atoms with Gasteiger partial charge in [-0.2, -0.15) is 0 Å². The molecule has 7 nitrogen and oxygen atoms in total. The number of benzene rings is 1. The Bertz CT molecular complexity index is 729. The van der Waals surface area contributed by atoms with Gasteiger partial charge in [0.2, 0.25) is 5.91 Å². The van der Waals surface area contributed by atoms with E-state index in [9.17, 15) is 4.79 Å². The summed E-state index contributed by atoms with van der Waals surface area (Å²) in [7, 11) is 0. The van der Waals surface area contributed by atoms with Gasteiger partial charge in [-0.05, 0) is 18.6 Å². The van der Waals surface area contributed by atoms with E-state index in [-0.39, 0.29) is 5.91 Å². The minimum absolute atomic E-state index is 0.0411. The van der Waals surface area contributed by atoms with E-state index in [2.05, 4.69) is 12.2 Å². The van der Waals surface area contributed by atoms with Crippen molar-refractivity contribution in [3.05, 3.63) is 18.2 Å². The molecule has 0 unspecified atom stereocenters. The van der Waals surface area contributed by atoms with Gasteiger partial charge in [0.15, 0.2) is 11.5 Å². The third kappa shape index (κ3) is 18.2. The SMILES string of the molecule is CCCCCCCCCCCCCCCCCC(=O)Nc1ccc2c(c1)OCCOCCOCCOCCO2. The predicted molar refractivity (Wildman–Crippen MR) is 158 cm³/mol. The van der Waals surface area contributed by atoms with Crippen LogP contribution in [-0.2, 0) is 19.0 Å². The number of unbranched alkanes of at least 4 members (excludes halogenated alkanes) is 14. The van der Waals surface area contributed by atoms with E-state index in [0.29, 0.717) is 76.5 Å². The van der Waals surface area contributed by atoms with Crippen LogP contribution in [-0.4, -0.2) is 58.8 Å². The van der Waals surface area contributed by atoms with Crippen molar-refractivity contribution in [1.82, 2.24) is 0 Å². The Morgan fingerprint density at radius 1 is 0.590 bits per heavy atom. The van der Waals surface area contributed by atoms with Crippen molar-refractivity contribution in [3.8, 4) is 11.5 Å². The molecule has 1 N–H and O–H groups in total. The molecule has 7 heteroatoms. The first-order chi connectivity index (χ1) is 19.3. The molecule has 1 amide bonds. The highest BCUT2D eigenvalue weighted by Crippen LogP contribution is 2.31. The van der Waals surface area contributed by atoms with E-state index in [4.69, 9.17) is 23.7 Å². The average Bonchev–Trinajstić information content (AvgIpc) is 2.95. The molecule has 0 aromatic heterocycles. The van der Waals surface area contributed by atoms with Crippen molar-refractivity contribution in [2.24, 2.45) is 0 Å². The zero-order valence-electron chi connectivity index (χ0n) is 24.7. The van der Waals surface area contributed by atoms with Crippen LogP contribution < -0.4 is 14.8 Å². The average molecular weight is 550 g/mol. The summed E-state index contributed by atoms with van der Waals surface area (Å²) in [6.45, 7) is 6.12. The molecule has 0 atom stereocenters. The number of rotatable bonds is 17. The maximum Gasteiger partial charge on any atom is 0.224 e. The molecule has 1 heterocycles. The summed E-state index contributed by atoms with van der Waals surface area (Å²) in [5, 5.41) is 3.01. The first kappa shape index (κ1) is 33.4. The van der Waals surface area contributed by atoms with Gasteiger partial charge in [-0.1, -0.05) is 96.8 Å². The number of amides is 1. The van der Waals surface area contributed by atoms with E-state index >= 15 is 0 Å². The molecule has 2 rings (SSSR count). The highest BCUT2D eigenvalue weighted by molar-refractivity contribution is 5.91. The van der Waals surface area contributed by atoms with Crippen molar-refractivity contribution in [2.75, 3.05) is 58.2 Å². The van der Waals surface area contributed by atoms with Crippen LogP contribution in [0.3, 0.4) is 0 Å². The van der Waals surface area contributed by atoms with Crippen LogP contribution in [0.4, 0.5) is 5.69 Å². The lowest BCUT2D eigenvalue weighted by Crippen LogP contribution is -2.13. The van der Waals surface area contributed by atoms with Crippen LogP contribution >= 0.6 is 0 Å². The molecule has 1 aliphatic heterocycles. The fourth-order valence-electron chi connectivity index (χ4n) is 4.66. The quantitative estimate of drug-likeness (QED) is 0.201. The van der Waals surface area contributed by atoms with Gasteiger partial charge in [-0.3, -0.25) is 4.79 Å². The van der Waals surface area contributed by atoms with Crippen LogP contribution in [0.2, 0.25) is 0 Å². The van der Waals surface area contributed by atoms with E-state index in [1.165, 1.54) is 83.5 Å². The van der Waals surface area contributed by atoms with Crippen LogP contribution in [0.15, 0.2) is 18.2 Å². The van der Waals surface area contributed by atoms with Crippen molar-refractivity contribution < 1.29 is 28.5 Å². The van der Waals surface area contributed by atoms with Gasteiger partial charge in [-0.25, -0.2) is 0 Å². The third-order valence-electron chi connectivity index (χ3n) is 6.95. The highest BCUT2D eigenvalue weighted by atomic mass is 16.6. The number of hydrogen-bond acceptors (Lipinski definition) is 6. The van der Waals surface area contributed by atoms with E-state index in [1.54, 1.807) is 0 Å². The first-order valence-corrected chi connectivity index (χ1v) is 15.7. The molecule has 1 aliphatic rings. The van der Waals surface area contributed by atoms with Gasteiger partial charge >= 0.3 is 0 Å². The zero-order chi connectivity index (χ0) is 27.6. The van der Waals surface area contributed by atoms with Crippen LogP contribution in [0.5, 0.6) is 11.5 Å². The number of fused-ring (bicyclic) bond motifs is 1. The Morgan fingerprint density at radius 3 is 1.54 bits per heavy atom. The number of ether oxygens (including phenoxy) is 5. The van der Waals surface area contributed by atoms with Crippen LogP contribution in [0.25, 0.3) is 0 Å². The molecule has 0 bridgehead atoms. The summed E-state index contributed by atoms with van der Waals surface area (Å²) in [6.07, 6.45) is 20.3. The molecule has 224 valence electrons. The van der Waals surface area contributed by atoms with Crippen LogP contribution in [0, 0.1) is 0 Å². The summed E-state index contributed by atoms with van der Waals surface area (Å²) in [4.78, 5) is 12.5. The number of hydrogen-bond donors (Lipinski definition) is 1. The van der Waals surface area contributed by atoms with E-state index < -0.39 is 0 Å². The first-order valence-electron chi connectivity index (χ1n) is 15.7. The zero-order valence-corrected chi connectivity index (χ0v) is 24.7. The van der Waals surface area contributed by atoms with Gasteiger partial charge in [0.25, 0.3) is 0 Å². The lowest BCUT2D eigenvalue weighted by molar-refractivity contribution is -0.116. The molecule has 0 fully saturated rings. The highest BCUT2D eigenvalue weighted by Gasteiger charge is 2.10. The molecule has 0 spiro atoms. The van der Waals surface area contributed by atoms with Crippen molar-refractivity contribution in [1.29, 1.82) is 0 Å². The molecule has 0 radical (unpaired) electrons. The monoisotopic (exact) mass is 549 g/mol. The fraction of sp³-hybridized carbons (Fsp3) is 0.781. The predicted octanol–water partition coefficient (Wildman–Crippen LogP) is 7.71. The number of carbonyl (C=O) groups is 1. The molecule has 0 saturated carbocycles. The van der Waals surface area contributed by atoms with Gasteiger partial charge in [0.1, 0.15) is 13.2 Å². The second-order valence-electron chi connectivity index (χ2n) is 10.4. The molecular formula is C32H55NO6. The molecule has 1 aromatic carbocycles. The minimum Gasteiger partial charge on any atom is -0.487 e. The Balaban J connectivity index is 1.55. The van der Waals surface area contributed by atoms with Gasteiger partial charge in [0.05, 0.1) is 39.6 Å². The van der Waals surface area contributed by atoms with Crippen molar-refractivity contribution in [3.63, 3.8) is 0 Å². The van der Waals surface area contributed by atoms with Crippen LogP contribution in [0.1, 0.15) is 110 Å². The smallest absolute Gasteiger partial charge is 0.224 e.